The van der Waals surface area contributed by atoms with Crippen LogP contribution in [0.1, 0.15) is 30.9 Å². The van der Waals surface area contributed by atoms with Crippen LogP contribution >= 0.6 is 0 Å². The molecule has 0 saturated carbocycles. The van der Waals surface area contributed by atoms with Crippen molar-refractivity contribution in [1.82, 2.24) is 4.90 Å². The minimum atomic E-state index is -0.198. The topological polar surface area (TPSA) is 41.9 Å². The van der Waals surface area contributed by atoms with Crippen molar-refractivity contribution in [2.24, 2.45) is 0 Å². The first kappa shape index (κ1) is 15.1. The summed E-state index contributed by atoms with van der Waals surface area (Å²) in [5.41, 5.74) is 2.68. The maximum atomic E-state index is 9.32. The first-order valence-corrected chi connectivity index (χ1v) is 7.28. The Balaban J connectivity index is 2.02. The molecule has 1 unspecified atom stereocenters. The highest BCUT2D eigenvalue weighted by molar-refractivity contribution is 5.48. The van der Waals surface area contributed by atoms with E-state index in [4.69, 9.17) is 9.47 Å². The van der Waals surface area contributed by atoms with E-state index in [1.165, 1.54) is 11.1 Å². The van der Waals surface area contributed by atoms with Crippen LogP contribution in [0.25, 0.3) is 0 Å². The molecule has 4 nitrogen and oxygen atoms in total. The lowest BCUT2D eigenvalue weighted by atomic mass is 9.98. The van der Waals surface area contributed by atoms with Crippen LogP contribution in [0.15, 0.2) is 12.1 Å². The molecule has 1 aliphatic rings. The predicted molar refractivity (Wildman–Crippen MR) is 79.4 cm³/mol. The van der Waals surface area contributed by atoms with Gasteiger partial charge in [0.25, 0.3) is 0 Å². The average molecular weight is 279 g/mol. The Morgan fingerprint density at radius 2 is 1.85 bits per heavy atom. The summed E-state index contributed by atoms with van der Waals surface area (Å²) < 4.78 is 10.7. The lowest BCUT2D eigenvalue weighted by Crippen LogP contribution is -2.31. The van der Waals surface area contributed by atoms with Crippen LogP contribution in [-0.4, -0.2) is 43.4 Å². The van der Waals surface area contributed by atoms with Crippen molar-refractivity contribution in [1.29, 1.82) is 0 Å². The van der Waals surface area contributed by atoms with Gasteiger partial charge in [0.15, 0.2) is 11.5 Å². The fourth-order valence-corrected chi connectivity index (χ4v) is 2.74. The van der Waals surface area contributed by atoms with Gasteiger partial charge in [-0.2, -0.15) is 0 Å². The van der Waals surface area contributed by atoms with E-state index in [0.717, 1.165) is 50.4 Å². The van der Waals surface area contributed by atoms with Gasteiger partial charge in [0.2, 0.25) is 0 Å². The molecule has 1 aromatic rings. The molecule has 1 aliphatic heterocycles. The van der Waals surface area contributed by atoms with E-state index in [1.54, 1.807) is 14.2 Å². The number of methoxy groups -OCH3 is 2. The summed E-state index contributed by atoms with van der Waals surface area (Å²) in [4.78, 5) is 2.44. The smallest absolute Gasteiger partial charge is 0.161 e. The molecular weight excluding hydrogens is 254 g/mol. The molecule has 0 amide bonds. The molecule has 0 fully saturated rings. The molecule has 1 atom stereocenters. The Morgan fingerprint density at radius 3 is 2.45 bits per heavy atom. The lowest BCUT2D eigenvalue weighted by Gasteiger charge is -2.29. The van der Waals surface area contributed by atoms with E-state index < -0.39 is 0 Å². The zero-order chi connectivity index (χ0) is 14.5. The molecular formula is C16H25NO3. The second kappa shape index (κ2) is 6.95. The van der Waals surface area contributed by atoms with E-state index in [0.29, 0.717) is 0 Å². The lowest BCUT2D eigenvalue weighted by molar-refractivity contribution is 0.167. The maximum absolute atomic E-state index is 9.32. The summed E-state index contributed by atoms with van der Waals surface area (Å²) in [5, 5.41) is 9.32. The van der Waals surface area contributed by atoms with Gasteiger partial charge in [0.1, 0.15) is 0 Å². The molecule has 20 heavy (non-hydrogen) atoms. The van der Waals surface area contributed by atoms with Crippen LogP contribution in [-0.2, 0) is 13.0 Å². The number of ether oxygens (including phenoxy) is 2. The third kappa shape index (κ3) is 3.64. The predicted octanol–water partition coefficient (Wildman–Crippen LogP) is 2.22. The van der Waals surface area contributed by atoms with Gasteiger partial charge in [-0.05, 0) is 56.0 Å². The van der Waals surface area contributed by atoms with E-state index in [1.807, 2.05) is 6.92 Å². The van der Waals surface area contributed by atoms with Crippen molar-refractivity contribution in [3.05, 3.63) is 23.3 Å². The Morgan fingerprint density at radius 1 is 1.20 bits per heavy atom. The minimum absolute atomic E-state index is 0.198. The number of rotatable bonds is 6. The highest BCUT2D eigenvalue weighted by atomic mass is 16.5. The van der Waals surface area contributed by atoms with Crippen molar-refractivity contribution in [3.63, 3.8) is 0 Å². The van der Waals surface area contributed by atoms with Gasteiger partial charge in [0.05, 0.1) is 20.3 Å². The Labute approximate surface area is 121 Å². The van der Waals surface area contributed by atoms with Gasteiger partial charge in [-0.15, -0.1) is 0 Å². The van der Waals surface area contributed by atoms with Crippen molar-refractivity contribution in [2.45, 2.75) is 38.8 Å². The molecule has 0 saturated heterocycles. The summed E-state index contributed by atoms with van der Waals surface area (Å²) in [6.45, 7) is 4.92. The molecule has 0 aliphatic carbocycles. The number of aliphatic hydroxyl groups is 1. The van der Waals surface area contributed by atoms with Gasteiger partial charge in [-0.25, -0.2) is 0 Å². The van der Waals surface area contributed by atoms with Crippen LogP contribution in [0.4, 0.5) is 0 Å². The number of hydrogen-bond donors (Lipinski definition) is 1. The summed E-state index contributed by atoms with van der Waals surface area (Å²) in [6.07, 6.45) is 2.76. The van der Waals surface area contributed by atoms with Crippen LogP contribution in [0, 0.1) is 0 Å². The first-order valence-electron chi connectivity index (χ1n) is 7.28. The molecule has 1 heterocycles. The summed E-state index contributed by atoms with van der Waals surface area (Å²) in [5.74, 6) is 1.62. The molecule has 1 aromatic carbocycles. The van der Waals surface area contributed by atoms with Gasteiger partial charge in [0, 0.05) is 13.1 Å². The normalized spacial score (nSPS) is 16.6. The number of fused-ring (bicyclic) bond motifs is 1. The summed E-state index contributed by atoms with van der Waals surface area (Å²) in [7, 11) is 3.35. The monoisotopic (exact) mass is 279 g/mol. The van der Waals surface area contributed by atoms with E-state index in [2.05, 4.69) is 17.0 Å². The zero-order valence-electron chi connectivity index (χ0n) is 12.7. The summed E-state index contributed by atoms with van der Waals surface area (Å²) in [6, 6.07) is 4.19. The molecule has 0 radical (unpaired) electrons. The molecule has 0 spiro atoms. The highest BCUT2D eigenvalue weighted by Crippen LogP contribution is 2.33. The van der Waals surface area contributed by atoms with Crippen LogP contribution < -0.4 is 9.47 Å². The van der Waals surface area contributed by atoms with Crippen LogP contribution in [0.5, 0.6) is 11.5 Å². The third-order valence-corrected chi connectivity index (χ3v) is 3.89. The first-order chi connectivity index (χ1) is 9.63. The van der Waals surface area contributed by atoms with Gasteiger partial charge in [-0.3, -0.25) is 4.90 Å². The molecule has 2 rings (SSSR count). The minimum Gasteiger partial charge on any atom is -0.493 e. The number of aliphatic hydroxyl groups excluding tert-OH is 1. The molecule has 4 heteroatoms. The molecule has 1 N–H and O–H groups in total. The van der Waals surface area contributed by atoms with Crippen molar-refractivity contribution < 1.29 is 14.6 Å². The van der Waals surface area contributed by atoms with E-state index in [-0.39, 0.29) is 6.10 Å². The quantitative estimate of drug-likeness (QED) is 0.867. The van der Waals surface area contributed by atoms with Crippen molar-refractivity contribution >= 4 is 0 Å². The fourth-order valence-electron chi connectivity index (χ4n) is 2.74. The van der Waals surface area contributed by atoms with E-state index >= 15 is 0 Å². The van der Waals surface area contributed by atoms with Gasteiger partial charge in [-0.1, -0.05) is 0 Å². The van der Waals surface area contributed by atoms with Crippen molar-refractivity contribution in [3.8, 4) is 11.5 Å². The zero-order valence-corrected chi connectivity index (χ0v) is 12.7. The number of hydrogen-bond acceptors (Lipinski definition) is 4. The highest BCUT2D eigenvalue weighted by Gasteiger charge is 2.19. The molecule has 112 valence electrons. The van der Waals surface area contributed by atoms with E-state index in [9.17, 15) is 5.11 Å². The van der Waals surface area contributed by atoms with Crippen LogP contribution in [0.2, 0.25) is 0 Å². The average Bonchev–Trinajstić information content (AvgIpc) is 2.45. The Hall–Kier alpha value is -1.26. The number of nitrogens with zero attached hydrogens (tertiary/aromatic N) is 1. The number of benzene rings is 1. The fraction of sp³-hybridized carbons (Fsp3) is 0.625. The standard InChI is InChI=1S/C16H25NO3/c1-12(18)5-4-7-17-8-6-13-9-15(19-2)16(20-3)10-14(13)11-17/h9-10,12,18H,4-8,11H2,1-3H3. The van der Waals surface area contributed by atoms with Gasteiger partial charge < -0.3 is 14.6 Å². The Kier molecular flexibility index (Phi) is 5.26. The SMILES string of the molecule is COc1cc2c(cc1OC)CN(CCCC(C)O)CC2. The summed E-state index contributed by atoms with van der Waals surface area (Å²) >= 11 is 0. The Bertz CT molecular complexity index is 446. The maximum Gasteiger partial charge on any atom is 0.161 e. The molecule has 0 aromatic heterocycles. The second-order valence-electron chi connectivity index (χ2n) is 5.49. The second-order valence-corrected chi connectivity index (χ2v) is 5.49. The third-order valence-electron chi connectivity index (χ3n) is 3.89. The van der Waals surface area contributed by atoms with Crippen LogP contribution in [0.3, 0.4) is 0 Å². The van der Waals surface area contributed by atoms with Crippen molar-refractivity contribution in [2.75, 3.05) is 27.3 Å². The largest absolute Gasteiger partial charge is 0.493 e. The molecule has 0 bridgehead atoms. The van der Waals surface area contributed by atoms with Gasteiger partial charge >= 0.3 is 0 Å².